The van der Waals surface area contributed by atoms with E-state index in [4.69, 9.17) is 0 Å². The summed E-state index contributed by atoms with van der Waals surface area (Å²) in [5, 5.41) is 13.4. The average molecular weight is 1150 g/mol. The maximum Gasteiger partial charge on any atom is 2.00 e. The number of rotatable bonds is 8. The Hall–Kier alpha value is -5.05. The van der Waals surface area contributed by atoms with Crippen LogP contribution in [0.25, 0.3) is 0 Å². The molecule has 8 aromatic rings. The average Bonchev–Trinajstić information content (AvgIpc) is 4.08. The third kappa shape index (κ3) is 21.5. The van der Waals surface area contributed by atoms with Crippen molar-refractivity contribution < 1.29 is 69.4 Å². The van der Waals surface area contributed by atoms with Crippen molar-refractivity contribution in [3.8, 4) is 0 Å². The van der Waals surface area contributed by atoms with Crippen molar-refractivity contribution in [1.29, 1.82) is 0 Å². The monoisotopic (exact) mass is 1150 g/mol. The van der Waals surface area contributed by atoms with Crippen molar-refractivity contribution in [2.75, 3.05) is 0 Å². The van der Waals surface area contributed by atoms with E-state index in [2.05, 4.69) is 71.9 Å². The number of hydrogen-bond donors (Lipinski definition) is 0. The molecule has 2 aromatic heterocycles. The second-order valence-electron chi connectivity index (χ2n) is 10.7. The summed E-state index contributed by atoms with van der Waals surface area (Å²) in [5.41, 5.74) is 7.44. The van der Waals surface area contributed by atoms with Gasteiger partial charge in [-0.05, 0) is 73.4 Å². The molecule has 14 heteroatoms. The van der Waals surface area contributed by atoms with Gasteiger partial charge in [-0.1, -0.05) is 85.5 Å². The van der Waals surface area contributed by atoms with Gasteiger partial charge in [-0.3, -0.25) is 30.2 Å². The van der Waals surface area contributed by atoms with Crippen molar-refractivity contribution >= 4 is 57.0 Å². The maximum atomic E-state index is 4.61. The fraction of sp³-hybridized carbons (Fsp3) is 0. The van der Waals surface area contributed by atoms with Gasteiger partial charge in [-0.2, -0.15) is 0 Å². The van der Waals surface area contributed by atoms with Crippen LogP contribution in [0.15, 0.2) is 203 Å². The standard InChI is InChI=1S/2C20H15N2.2C2H2N3.ClH.Na.2Pt/c2*1-3-10-19(11-4-1)21-15-17-8-7-9-18(14-17)16-22-20-12-5-2-6-13-20;2*1-3-2-5-4-1;;;;/h2*1-13,15-16H;2*1-2H;1H;;;/q4*-1;;+1;2*+2/p-1. The van der Waals surface area contributed by atoms with E-state index < -0.39 is 0 Å². The van der Waals surface area contributed by atoms with Crippen LogP contribution in [-0.2, 0) is 39.8 Å². The van der Waals surface area contributed by atoms with Gasteiger partial charge in [0.25, 0.3) is 0 Å². The topological polar surface area (TPSA) is 129 Å². The van der Waals surface area contributed by atoms with Crippen LogP contribution in [0.3, 0.4) is 0 Å². The van der Waals surface area contributed by atoms with Crippen LogP contribution >= 0.6 is 9.42 Å². The van der Waals surface area contributed by atoms with Crippen LogP contribution in [0.1, 0.15) is 22.3 Å². The largest absolute Gasteiger partial charge is 2.00 e. The summed E-state index contributed by atoms with van der Waals surface area (Å²) < 4.78 is 0. The van der Waals surface area contributed by atoms with E-state index in [9.17, 15) is 0 Å². The Morgan fingerprint density at radius 2 is 0.672 bits per heavy atom. The normalized spacial score (nSPS) is 10.1. The number of benzene rings is 6. The zero-order valence-electron chi connectivity index (χ0n) is 31.1. The Morgan fingerprint density at radius 1 is 0.414 bits per heavy atom. The zero-order valence-corrected chi connectivity index (χ0v) is 38.4. The molecule has 0 aliphatic carbocycles. The number of nitrogens with zero attached hydrogens (tertiary/aromatic N) is 10. The molecule has 10 nitrogen and oxygen atoms in total. The van der Waals surface area contributed by atoms with Crippen molar-refractivity contribution in [3.05, 3.63) is 217 Å². The molecule has 58 heavy (non-hydrogen) atoms. The molecule has 0 saturated heterocycles. The Morgan fingerprint density at radius 3 is 0.862 bits per heavy atom. The Bertz CT molecular complexity index is 1950. The quantitative estimate of drug-likeness (QED) is 0.0968. The first-order valence-corrected chi connectivity index (χ1v) is 19.6. The maximum absolute atomic E-state index is 4.61. The molecule has 0 amide bonds. The van der Waals surface area contributed by atoms with E-state index >= 15 is 0 Å². The van der Waals surface area contributed by atoms with Gasteiger partial charge in [-0.15, -0.1) is 70.8 Å². The molecular weight excluding hydrogens is 1120 g/mol. The molecule has 0 unspecified atom stereocenters. The fourth-order valence-electron chi connectivity index (χ4n) is 4.24. The molecule has 0 saturated carbocycles. The molecule has 0 aliphatic heterocycles. The van der Waals surface area contributed by atoms with Gasteiger partial charge in [0, 0.05) is 12.7 Å². The first-order chi connectivity index (χ1) is 27.8. The molecular formula is C44H34ClN10NaPt2. The summed E-state index contributed by atoms with van der Waals surface area (Å²) in [7, 11) is 4.61. The number of aromatic nitrogens is 6. The van der Waals surface area contributed by atoms with Crippen LogP contribution in [0.2, 0.25) is 0 Å². The molecule has 0 aliphatic rings. The molecule has 0 N–H and O–H groups in total. The molecule has 6 aromatic carbocycles. The summed E-state index contributed by atoms with van der Waals surface area (Å²) in [5.74, 6) is 0. The SMILES string of the molecule is [Cl][Pt+].[Na+].[Pt+2].[c-]1c(C=Nc2ccccc2)cccc1C=Nc1ccccc1.[c-]1c(C=Nc2ccccc2)cccc1C=Nc1ccccc1.c1nc[n-]n1.c1nc[n-]n1. The van der Waals surface area contributed by atoms with Crippen molar-refractivity contribution in [2.45, 2.75) is 0 Å². The van der Waals surface area contributed by atoms with Crippen molar-refractivity contribution in [1.82, 2.24) is 30.4 Å². The van der Waals surface area contributed by atoms with Crippen LogP contribution in [0.5, 0.6) is 0 Å². The molecule has 0 atom stereocenters. The van der Waals surface area contributed by atoms with E-state index in [1.165, 1.54) is 25.3 Å². The van der Waals surface area contributed by atoms with E-state index in [1.54, 1.807) is 18.8 Å². The van der Waals surface area contributed by atoms with Gasteiger partial charge < -0.3 is 20.2 Å². The van der Waals surface area contributed by atoms with E-state index in [0.29, 0.717) is 0 Å². The minimum Gasteiger partial charge on any atom is -0.432 e. The molecule has 8 rings (SSSR count). The number of hydrogen-bond acceptors (Lipinski definition) is 8. The predicted octanol–water partition coefficient (Wildman–Crippen LogP) is 6.53. The van der Waals surface area contributed by atoms with Gasteiger partial charge in [0.2, 0.25) is 0 Å². The number of para-hydroxylation sites is 4. The molecule has 0 bridgehead atoms. The minimum absolute atomic E-state index is 0. The Balaban J connectivity index is 0.000000303. The minimum atomic E-state index is 0. The fourth-order valence-corrected chi connectivity index (χ4v) is 4.24. The first-order valence-electron chi connectivity index (χ1n) is 16.8. The third-order valence-corrected chi connectivity index (χ3v) is 6.72. The molecule has 0 radical (unpaired) electrons. The molecule has 288 valence electrons. The summed E-state index contributed by atoms with van der Waals surface area (Å²) in [6.07, 6.45) is 12.8. The smallest absolute Gasteiger partial charge is 0.432 e. The van der Waals surface area contributed by atoms with Crippen molar-refractivity contribution in [2.24, 2.45) is 20.0 Å². The third-order valence-electron chi connectivity index (χ3n) is 6.72. The van der Waals surface area contributed by atoms with Gasteiger partial charge in [0.1, 0.15) is 0 Å². The summed E-state index contributed by atoms with van der Waals surface area (Å²) in [6, 6.07) is 57.9. The number of aliphatic imine (C=N–C) groups is 4. The summed E-state index contributed by atoms with van der Waals surface area (Å²) in [4.78, 5) is 24.7. The van der Waals surface area contributed by atoms with Gasteiger partial charge in [0.15, 0.2) is 0 Å². The van der Waals surface area contributed by atoms with Crippen LogP contribution in [-0.4, -0.2) is 45.0 Å². The predicted molar refractivity (Wildman–Crippen MR) is 222 cm³/mol. The molecule has 0 fully saturated rings. The Labute approximate surface area is 390 Å². The van der Waals surface area contributed by atoms with Gasteiger partial charge in [-0.25, -0.2) is 0 Å². The van der Waals surface area contributed by atoms with E-state index in [-0.39, 0.29) is 50.6 Å². The van der Waals surface area contributed by atoms with E-state index in [0.717, 1.165) is 45.0 Å². The summed E-state index contributed by atoms with van der Waals surface area (Å²) in [6.45, 7) is 0. The van der Waals surface area contributed by atoms with Gasteiger partial charge >= 0.3 is 78.8 Å². The second kappa shape index (κ2) is 32.0. The van der Waals surface area contributed by atoms with Gasteiger partial charge in [0.05, 0.1) is 22.7 Å². The van der Waals surface area contributed by atoms with Crippen molar-refractivity contribution in [3.63, 3.8) is 0 Å². The van der Waals surface area contributed by atoms with Crippen LogP contribution in [0.4, 0.5) is 22.7 Å². The second-order valence-corrected chi connectivity index (χ2v) is 10.7. The Kier molecular flexibility index (Phi) is 27.1. The zero-order chi connectivity index (χ0) is 39.1. The van der Waals surface area contributed by atoms with E-state index in [1.807, 2.05) is 183 Å². The number of halogens is 1. The first kappa shape index (κ1) is 49.1. The van der Waals surface area contributed by atoms with Crippen LogP contribution in [0, 0.1) is 12.1 Å². The molecule has 2 heterocycles. The van der Waals surface area contributed by atoms with Crippen LogP contribution < -0.4 is 39.8 Å². The summed E-state index contributed by atoms with van der Waals surface area (Å²) >= 11 is 1.61. The molecule has 0 spiro atoms.